The molecule has 1 heterocycles. The zero-order valence-electron chi connectivity index (χ0n) is 18.1. The molecule has 0 saturated heterocycles. The minimum absolute atomic E-state index is 0.131. The third-order valence-electron chi connectivity index (χ3n) is 5.06. The molecule has 3 unspecified atom stereocenters. The Morgan fingerprint density at radius 2 is 1.00 bits per heavy atom. The van der Waals surface area contributed by atoms with Gasteiger partial charge in [0.2, 0.25) is 0 Å². The van der Waals surface area contributed by atoms with Crippen molar-refractivity contribution in [3.05, 3.63) is 11.1 Å². The van der Waals surface area contributed by atoms with Crippen LogP contribution in [0.3, 0.4) is 0 Å². The number of hydrogen-bond acceptors (Lipinski definition) is 1. The van der Waals surface area contributed by atoms with E-state index >= 15 is 0 Å². The van der Waals surface area contributed by atoms with Crippen LogP contribution in [-0.2, 0) is 4.74 Å². The van der Waals surface area contributed by atoms with Gasteiger partial charge in [-0.25, -0.2) is 0 Å². The molecule has 0 N–H and O–H groups in total. The van der Waals surface area contributed by atoms with E-state index in [1.807, 2.05) is 0 Å². The molecule has 23 heavy (non-hydrogen) atoms. The first kappa shape index (κ1) is 20.7. The summed E-state index contributed by atoms with van der Waals surface area (Å²) in [6.07, 6.45) is 0.435. The maximum atomic E-state index is 6.70. The second kappa shape index (κ2) is 5.90. The molecule has 0 aromatic heterocycles. The summed E-state index contributed by atoms with van der Waals surface area (Å²) < 4.78 is 6.70. The van der Waals surface area contributed by atoms with Gasteiger partial charge in [0.1, 0.15) is 0 Å². The Hall–Kier alpha value is -0.300. The van der Waals surface area contributed by atoms with E-state index in [2.05, 4.69) is 90.0 Å². The minimum atomic E-state index is 0.131. The summed E-state index contributed by atoms with van der Waals surface area (Å²) in [7, 11) is 0. The maximum absolute atomic E-state index is 6.70. The van der Waals surface area contributed by atoms with Gasteiger partial charge in [0.05, 0.1) is 12.2 Å². The molecule has 0 saturated carbocycles. The first-order valence-electron chi connectivity index (χ1n) is 9.29. The van der Waals surface area contributed by atoms with E-state index in [4.69, 9.17) is 4.74 Å². The maximum Gasteiger partial charge on any atom is 0.0769 e. The van der Waals surface area contributed by atoms with Crippen molar-refractivity contribution < 1.29 is 4.74 Å². The summed E-state index contributed by atoms with van der Waals surface area (Å²) in [6, 6.07) is 0. The fourth-order valence-electron chi connectivity index (χ4n) is 4.38. The van der Waals surface area contributed by atoms with Crippen LogP contribution in [0.25, 0.3) is 0 Å². The lowest BCUT2D eigenvalue weighted by Crippen LogP contribution is -2.52. The highest BCUT2D eigenvalue weighted by molar-refractivity contribution is 5.34. The second-order valence-electron chi connectivity index (χ2n) is 11.7. The predicted octanol–water partition coefficient (Wildman–Crippen LogP) is 6.87. The molecular weight excluding hydrogens is 280 g/mol. The van der Waals surface area contributed by atoms with Crippen LogP contribution in [-0.4, -0.2) is 12.2 Å². The molecule has 0 bridgehead atoms. The van der Waals surface area contributed by atoms with Crippen LogP contribution in [0, 0.1) is 27.6 Å². The van der Waals surface area contributed by atoms with Gasteiger partial charge in [-0.1, -0.05) is 88.7 Å². The molecule has 1 aliphatic heterocycles. The van der Waals surface area contributed by atoms with Gasteiger partial charge >= 0.3 is 0 Å². The van der Waals surface area contributed by atoms with E-state index in [9.17, 15) is 0 Å². The van der Waals surface area contributed by atoms with Crippen molar-refractivity contribution in [2.75, 3.05) is 0 Å². The second-order valence-corrected chi connectivity index (χ2v) is 11.7. The van der Waals surface area contributed by atoms with E-state index < -0.39 is 0 Å². The Balaban J connectivity index is 3.78. The number of ether oxygens (including phenoxy) is 1. The Labute approximate surface area is 146 Å². The van der Waals surface area contributed by atoms with Crippen LogP contribution in [0.2, 0.25) is 0 Å². The summed E-state index contributed by atoms with van der Waals surface area (Å²) in [5, 5.41) is 0. The smallest absolute Gasteiger partial charge is 0.0769 e. The van der Waals surface area contributed by atoms with E-state index in [1.165, 1.54) is 5.57 Å². The summed E-state index contributed by atoms with van der Waals surface area (Å²) in [4.78, 5) is 0. The fourth-order valence-corrected chi connectivity index (χ4v) is 4.38. The molecule has 0 aliphatic carbocycles. The fraction of sp³-hybridized carbons (Fsp3) is 0.909. The Kier molecular flexibility index (Phi) is 5.32. The van der Waals surface area contributed by atoms with Crippen molar-refractivity contribution in [2.24, 2.45) is 27.6 Å². The molecule has 0 aromatic rings. The van der Waals surface area contributed by atoms with Gasteiger partial charge in [-0.15, -0.1) is 0 Å². The normalized spacial score (nSPS) is 28.3. The third kappa shape index (κ3) is 4.41. The predicted molar refractivity (Wildman–Crippen MR) is 103 cm³/mol. The highest BCUT2D eigenvalue weighted by atomic mass is 16.5. The summed E-state index contributed by atoms with van der Waals surface area (Å²) in [5.74, 6) is 0.438. The molecule has 1 aliphatic rings. The molecular formula is C22H42O. The van der Waals surface area contributed by atoms with E-state index in [0.717, 1.165) is 0 Å². The number of hydrogen-bond donors (Lipinski definition) is 0. The van der Waals surface area contributed by atoms with Crippen molar-refractivity contribution in [3.8, 4) is 0 Å². The molecule has 3 atom stereocenters. The van der Waals surface area contributed by atoms with Gasteiger partial charge < -0.3 is 4.74 Å². The van der Waals surface area contributed by atoms with Crippen LogP contribution in [0.1, 0.15) is 90.0 Å². The molecule has 0 amide bonds. The van der Waals surface area contributed by atoms with Crippen molar-refractivity contribution in [2.45, 2.75) is 102 Å². The zero-order chi connectivity index (χ0) is 18.6. The molecule has 136 valence electrons. The topological polar surface area (TPSA) is 9.23 Å². The van der Waals surface area contributed by atoms with Gasteiger partial charge in [0.25, 0.3) is 0 Å². The highest BCUT2D eigenvalue weighted by Gasteiger charge is 2.50. The first-order chi connectivity index (χ1) is 9.88. The summed E-state index contributed by atoms with van der Waals surface area (Å²) in [6.45, 7) is 30.5. The molecule has 1 nitrogen and oxygen atoms in total. The summed E-state index contributed by atoms with van der Waals surface area (Å²) >= 11 is 0. The molecule has 1 heteroatoms. The average molecular weight is 323 g/mol. The quantitative estimate of drug-likeness (QED) is 0.442. The van der Waals surface area contributed by atoms with Gasteiger partial charge in [-0.2, -0.15) is 0 Å². The van der Waals surface area contributed by atoms with Crippen molar-refractivity contribution >= 4 is 0 Å². The lowest BCUT2D eigenvalue weighted by Gasteiger charge is -2.54. The molecule has 1 rings (SSSR count). The van der Waals surface area contributed by atoms with Gasteiger partial charge in [0, 0.05) is 5.92 Å². The van der Waals surface area contributed by atoms with Crippen LogP contribution >= 0.6 is 0 Å². The Morgan fingerprint density at radius 1 is 0.609 bits per heavy atom. The monoisotopic (exact) mass is 322 g/mol. The molecule has 0 fully saturated rings. The van der Waals surface area contributed by atoms with Crippen LogP contribution in [0.4, 0.5) is 0 Å². The average Bonchev–Trinajstić information content (AvgIpc) is 2.21. The van der Waals surface area contributed by atoms with Gasteiger partial charge in [-0.3, -0.25) is 0 Å². The van der Waals surface area contributed by atoms with E-state index in [1.54, 1.807) is 5.57 Å². The molecule has 0 spiro atoms. The third-order valence-corrected chi connectivity index (χ3v) is 5.06. The van der Waals surface area contributed by atoms with Crippen LogP contribution < -0.4 is 0 Å². The molecule has 0 radical (unpaired) electrons. The van der Waals surface area contributed by atoms with Crippen molar-refractivity contribution in [1.29, 1.82) is 0 Å². The first-order valence-corrected chi connectivity index (χ1v) is 9.29. The van der Waals surface area contributed by atoms with Crippen LogP contribution in [0.5, 0.6) is 0 Å². The lowest BCUT2D eigenvalue weighted by molar-refractivity contribution is -0.116. The van der Waals surface area contributed by atoms with E-state index in [-0.39, 0.29) is 33.9 Å². The lowest BCUT2D eigenvalue weighted by atomic mass is 9.57. The summed E-state index contributed by atoms with van der Waals surface area (Å²) in [5.41, 5.74) is 3.75. The van der Waals surface area contributed by atoms with Crippen LogP contribution in [0.15, 0.2) is 11.1 Å². The SMILES string of the molecule is CC1OC(C(C)(C)C)C(C(C)(C)C)C(C(C)(C)C)=C1C(C)(C)C. The Bertz CT molecular complexity index is 454. The number of rotatable bonds is 0. The standard InChI is InChI=1S/C22H42O/c1-14-15(19(2,3)4)16(20(5,6)7)17(21(8,9)10)18(23-14)22(11,12)13/h14,17-18H,1-13H3. The zero-order valence-corrected chi connectivity index (χ0v) is 18.1. The largest absolute Gasteiger partial charge is 0.370 e. The Morgan fingerprint density at radius 3 is 1.26 bits per heavy atom. The minimum Gasteiger partial charge on any atom is -0.370 e. The van der Waals surface area contributed by atoms with Crippen molar-refractivity contribution in [3.63, 3.8) is 0 Å². The van der Waals surface area contributed by atoms with E-state index in [0.29, 0.717) is 5.92 Å². The van der Waals surface area contributed by atoms with Gasteiger partial charge in [0.15, 0.2) is 0 Å². The highest BCUT2D eigenvalue weighted by Crippen LogP contribution is 2.55. The van der Waals surface area contributed by atoms with Gasteiger partial charge in [-0.05, 0) is 34.2 Å². The van der Waals surface area contributed by atoms with Crippen molar-refractivity contribution in [1.82, 2.24) is 0 Å². The molecule has 0 aromatic carbocycles.